The van der Waals surface area contributed by atoms with Gasteiger partial charge in [0.05, 0.1) is 5.69 Å². The molecule has 1 saturated carbocycles. The Labute approximate surface area is 164 Å². The molecule has 6 heteroatoms. The minimum atomic E-state index is -0.193. The van der Waals surface area contributed by atoms with Gasteiger partial charge in [-0.05, 0) is 44.7 Å². The molecule has 0 unspecified atom stereocenters. The topological polar surface area (TPSA) is 62.3 Å². The van der Waals surface area contributed by atoms with Crippen molar-refractivity contribution in [3.63, 3.8) is 0 Å². The van der Waals surface area contributed by atoms with E-state index >= 15 is 0 Å². The minimum Gasteiger partial charge on any atom is -0.329 e. The van der Waals surface area contributed by atoms with Crippen LogP contribution in [0.1, 0.15) is 53.7 Å². The van der Waals surface area contributed by atoms with E-state index in [0.29, 0.717) is 23.2 Å². The van der Waals surface area contributed by atoms with Gasteiger partial charge >= 0.3 is 0 Å². The van der Waals surface area contributed by atoms with E-state index in [-0.39, 0.29) is 18.4 Å². The fraction of sp³-hybridized carbons (Fsp3) is 0.476. The third-order valence-electron chi connectivity index (χ3n) is 4.96. The standard InChI is InChI=1S/C21H27N3O2S/c1-15-7-6-10-18(11-15)20(26)24(12-17-8-4-3-5-9-17)13-19(25)23-21-22-16(2)14-27-21/h6-7,10-11,14,17H,3-5,8-9,12-13H2,1-2H3,(H,22,23,25). The number of carbonyl (C=O) groups excluding carboxylic acids is 2. The number of rotatable bonds is 6. The van der Waals surface area contributed by atoms with Crippen LogP contribution in [0.2, 0.25) is 0 Å². The van der Waals surface area contributed by atoms with Crippen LogP contribution in [0.25, 0.3) is 0 Å². The number of hydrogen-bond acceptors (Lipinski definition) is 4. The van der Waals surface area contributed by atoms with E-state index in [4.69, 9.17) is 0 Å². The molecule has 3 rings (SSSR count). The van der Waals surface area contributed by atoms with Crippen LogP contribution in [0.3, 0.4) is 0 Å². The van der Waals surface area contributed by atoms with Gasteiger partial charge in [-0.25, -0.2) is 4.98 Å². The van der Waals surface area contributed by atoms with Crippen LogP contribution in [0.15, 0.2) is 29.6 Å². The monoisotopic (exact) mass is 385 g/mol. The van der Waals surface area contributed by atoms with Crippen LogP contribution in [0.5, 0.6) is 0 Å². The lowest BCUT2D eigenvalue weighted by Gasteiger charge is -2.29. The van der Waals surface area contributed by atoms with E-state index in [1.54, 1.807) is 4.90 Å². The number of aromatic nitrogens is 1. The first kappa shape index (κ1) is 19.5. The number of carbonyl (C=O) groups is 2. The van der Waals surface area contributed by atoms with Crippen molar-refractivity contribution in [1.82, 2.24) is 9.88 Å². The van der Waals surface area contributed by atoms with E-state index in [9.17, 15) is 9.59 Å². The minimum absolute atomic E-state index is 0.0574. The third kappa shape index (κ3) is 5.63. The van der Waals surface area contributed by atoms with Gasteiger partial charge in [-0.15, -0.1) is 11.3 Å². The van der Waals surface area contributed by atoms with Gasteiger partial charge in [0.2, 0.25) is 5.91 Å². The highest BCUT2D eigenvalue weighted by Crippen LogP contribution is 2.25. The van der Waals surface area contributed by atoms with E-state index in [2.05, 4.69) is 10.3 Å². The maximum Gasteiger partial charge on any atom is 0.254 e. The average molecular weight is 386 g/mol. The molecule has 0 radical (unpaired) electrons. The van der Waals surface area contributed by atoms with Crippen molar-refractivity contribution in [1.29, 1.82) is 0 Å². The number of anilines is 1. The second-order valence-corrected chi connectivity index (χ2v) is 8.26. The van der Waals surface area contributed by atoms with Crippen molar-refractivity contribution >= 4 is 28.3 Å². The Morgan fingerprint density at radius 2 is 2.00 bits per heavy atom. The number of nitrogens with one attached hydrogen (secondary N) is 1. The lowest BCUT2D eigenvalue weighted by molar-refractivity contribution is -0.117. The van der Waals surface area contributed by atoms with Gasteiger partial charge in [0, 0.05) is 17.5 Å². The second-order valence-electron chi connectivity index (χ2n) is 7.40. The smallest absolute Gasteiger partial charge is 0.254 e. The summed E-state index contributed by atoms with van der Waals surface area (Å²) < 4.78 is 0. The molecule has 5 nitrogen and oxygen atoms in total. The van der Waals surface area contributed by atoms with Gasteiger partial charge in [0.25, 0.3) is 5.91 Å². The Morgan fingerprint density at radius 1 is 1.22 bits per heavy atom. The van der Waals surface area contributed by atoms with E-state index in [1.807, 2.05) is 43.5 Å². The second kappa shape index (κ2) is 9.13. The molecule has 0 atom stereocenters. The van der Waals surface area contributed by atoms with Gasteiger partial charge in [-0.2, -0.15) is 0 Å². The number of amides is 2. The summed E-state index contributed by atoms with van der Waals surface area (Å²) in [4.78, 5) is 31.6. The first-order chi connectivity index (χ1) is 13.0. The number of hydrogen-bond donors (Lipinski definition) is 1. The number of nitrogens with zero attached hydrogens (tertiary/aromatic N) is 2. The van der Waals surface area contributed by atoms with Crippen molar-refractivity contribution in [3.05, 3.63) is 46.5 Å². The molecule has 1 aromatic heterocycles. The molecule has 2 aromatic rings. The first-order valence-electron chi connectivity index (χ1n) is 9.59. The van der Waals surface area contributed by atoms with Gasteiger partial charge in [-0.3, -0.25) is 9.59 Å². The molecule has 0 bridgehead atoms. The summed E-state index contributed by atoms with van der Waals surface area (Å²) in [5, 5.41) is 5.30. The van der Waals surface area contributed by atoms with Crippen LogP contribution in [0.4, 0.5) is 5.13 Å². The summed E-state index contributed by atoms with van der Waals surface area (Å²) in [7, 11) is 0. The summed E-state index contributed by atoms with van der Waals surface area (Å²) in [5.41, 5.74) is 2.56. The molecule has 0 aliphatic heterocycles. The SMILES string of the molecule is Cc1cccc(C(=O)N(CC(=O)Nc2nc(C)cs2)CC2CCCCC2)c1. The van der Waals surface area contributed by atoms with Crippen LogP contribution < -0.4 is 5.32 Å². The predicted octanol–water partition coefficient (Wildman–Crippen LogP) is 4.42. The zero-order valence-electron chi connectivity index (χ0n) is 16.0. The van der Waals surface area contributed by atoms with Crippen molar-refractivity contribution < 1.29 is 9.59 Å². The molecule has 144 valence electrons. The molecule has 1 aliphatic rings. The molecule has 1 aliphatic carbocycles. The fourth-order valence-corrected chi connectivity index (χ4v) is 4.31. The molecule has 1 N–H and O–H groups in total. The number of benzene rings is 1. The van der Waals surface area contributed by atoms with Crippen molar-refractivity contribution in [3.8, 4) is 0 Å². The Balaban J connectivity index is 1.71. The van der Waals surface area contributed by atoms with Crippen LogP contribution in [0, 0.1) is 19.8 Å². The summed E-state index contributed by atoms with van der Waals surface area (Å²) in [6.07, 6.45) is 5.95. The molecular weight excluding hydrogens is 358 g/mol. The summed E-state index contributed by atoms with van der Waals surface area (Å²) >= 11 is 1.40. The molecular formula is C21H27N3O2S. The maximum atomic E-state index is 13.1. The largest absolute Gasteiger partial charge is 0.329 e. The van der Waals surface area contributed by atoms with Crippen molar-refractivity contribution in [2.75, 3.05) is 18.4 Å². The Bertz CT molecular complexity index is 796. The zero-order chi connectivity index (χ0) is 19.2. The molecule has 1 aromatic carbocycles. The summed E-state index contributed by atoms with van der Waals surface area (Å²) in [6, 6.07) is 7.57. The highest BCUT2D eigenvalue weighted by Gasteiger charge is 2.24. The molecule has 2 amide bonds. The van der Waals surface area contributed by atoms with Gasteiger partial charge in [0.1, 0.15) is 6.54 Å². The van der Waals surface area contributed by atoms with Gasteiger partial charge in [-0.1, -0.05) is 37.0 Å². The van der Waals surface area contributed by atoms with E-state index < -0.39 is 0 Å². The van der Waals surface area contributed by atoms with Gasteiger partial charge in [0.15, 0.2) is 5.13 Å². The van der Waals surface area contributed by atoms with Crippen molar-refractivity contribution in [2.45, 2.75) is 46.0 Å². The van der Waals surface area contributed by atoms with E-state index in [1.165, 1.54) is 30.6 Å². The number of thiazole rings is 1. The van der Waals surface area contributed by atoms with Crippen molar-refractivity contribution in [2.24, 2.45) is 5.92 Å². The summed E-state index contributed by atoms with van der Waals surface area (Å²) in [5.74, 6) is 0.207. The first-order valence-corrected chi connectivity index (χ1v) is 10.5. The van der Waals surface area contributed by atoms with Crippen LogP contribution >= 0.6 is 11.3 Å². The van der Waals surface area contributed by atoms with Crippen LogP contribution in [-0.2, 0) is 4.79 Å². The molecule has 27 heavy (non-hydrogen) atoms. The molecule has 1 fully saturated rings. The average Bonchev–Trinajstić information content (AvgIpc) is 3.06. The Kier molecular flexibility index (Phi) is 6.61. The molecule has 0 spiro atoms. The Morgan fingerprint density at radius 3 is 2.67 bits per heavy atom. The number of aryl methyl sites for hydroxylation is 2. The lowest BCUT2D eigenvalue weighted by Crippen LogP contribution is -2.41. The highest BCUT2D eigenvalue weighted by atomic mass is 32.1. The highest BCUT2D eigenvalue weighted by molar-refractivity contribution is 7.13. The Hall–Kier alpha value is -2.21. The zero-order valence-corrected chi connectivity index (χ0v) is 16.8. The third-order valence-corrected chi connectivity index (χ3v) is 5.83. The predicted molar refractivity (Wildman–Crippen MR) is 109 cm³/mol. The van der Waals surface area contributed by atoms with E-state index in [0.717, 1.165) is 24.1 Å². The maximum absolute atomic E-state index is 13.1. The van der Waals surface area contributed by atoms with Gasteiger partial charge < -0.3 is 10.2 Å². The fourth-order valence-electron chi connectivity index (χ4n) is 3.60. The molecule has 0 saturated heterocycles. The summed E-state index contributed by atoms with van der Waals surface area (Å²) in [6.45, 7) is 4.56. The van der Waals surface area contributed by atoms with Crippen LogP contribution in [-0.4, -0.2) is 34.8 Å². The normalized spacial score (nSPS) is 14.7. The molecule has 1 heterocycles. The quantitative estimate of drug-likeness (QED) is 0.800. The lowest BCUT2D eigenvalue weighted by atomic mass is 9.89.